The fourth-order valence-electron chi connectivity index (χ4n) is 1.86. The van der Waals surface area contributed by atoms with Crippen molar-refractivity contribution < 1.29 is 4.79 Å². The molecule has 0 aliphatic carbocycles. The summed E-state index contributed by atoms with van der Waals surface area (Å²) < 4.78 is 0. The van der Waals surface area contributed by atoms with Crippen LogP contribution in [0.5, 0.6) is 0 Å². The number of hydrogen-bond donors (Lipinski definition) is 2. The van der Waals surface area contributed by atoms with Crippen molar-refractivity contribution in [1.29, 1.82) is 0 Å². The van der Waals surface area contributed by atoms with E-state index in [4.69, 9.17) is 0 Å². The van der Waals surface area contributed by atoms with Gasteiger partial charge in [-0.3, -0.25) is 4.79 Å². The summed E-state index contributed by atoms with van der Waals surface area (Å²) in [7, 11) is 0. The number of benzene rings is 1. The molecule has 1 aliphatic heterocycles. The predicted molar refractivity (Wildman–Crippen MR) is 70.0 cm³/mol. The topological polar surface area (TPSA) is 41.1 Å². The Morgan fingerprint density at radius 1 is 1.53 bits per heavy atom. The maximum Gasteiger partial charge on any atom is 0.230 e. The first-order valence-electron chi connectivity index (χ1n) is 5.93. The fourth-order valence-corrected chi connectivity index (χ4v) is 2.57. The summed E-state index contributed by atoms with van der Waals surface area (Å²) in [5.74, 6) is 0.608. The zero-order chi connectivity index (χ0) is 11.9. The van der Waals surface area contributed by atoms with Gasteiger partial charge >= 0.3 is 0 Å². The second-order valence-electron chi connectivity index (χ2n) is 4.14. The van der Waals surface area contributed by atoms with Crippen molar-refractivity contribution in [3.8, 4) is 0 Å². The summed E-state index contributed by atoms with van der Waals surface area (Å²) in [6.07, 6.45) is 2.23. The van der Waals surface area contributed by atoms with E-state index in [1.54, 1.807) is 11.8 Å². The third-order valence-electron chi connectivity index (χ3n) is 2.72. The highest BCUT2D eigenvalue weighted by molar-refractivity contribution is 8.00. The van der Waals surface area contributed by atoms with Gasteiger partial charge in [-0.05, 0) is 37.6 Å². The van der Waals surface area contributed by atoms with E-state index < -0.39 is 0 Å². The maximum atomic E-state index is 11.7. The van der Waals surface area contributed by atoms with E-state index in [9.17, 15) is 4.79 Å². The zero-order valence-electron chi connectivity index (χ0n) is 9.74. The zero-order valence-corrected chi connectivity index (χ0v) is 10.6. The van der Waals surface area contributed by atoms with E-state index in [2.05, 4.69) is 16.7 Å². The number of carbonyl (C=O) groups excluding carboxylic acids is 1. The molecule has 91 valence electrons. The van der Waals surface area contributed by atoms with Gasteiger partial charge < -0.3 is 10.6 Å². The molecule has 1 heterocycles. The van der Waals surface area contributed by atoms with Crippen molar-refractivity contribution >= 4 is 17.7 Å². The Hall–Kier alpha value is -1.00. The van der Waals surface area contributed by atoms with Crippen molar-refractivity contribution in [1.82, 2.24) is 10.6 Å². The molecule has 4 heteroatoms. The van der Waals surface area contributed by atoms with Crippen molar-refractivity contribution in [2.75, 3.05) is 18.8 Å². The number of carbonyl (C=O) groups is 1. The lowest BCUT2D eigenvalue weighted by Crippen LogP contribution is -2.46. The van der Waals surface area contributed by atoms with Crippen LogP contribution in [0.4, 0.5) is 0 Å². The summed E-state index contributed by atoms with van der Waals surface area (Å²) in [5, 5.41) is 6.35. The minimum atomic E-state index is 0.122. The average Bonchev–Trinajstić information content (AvgIpc) is 2.39. The molecule has 1 radical (unpaired) electrons. The second kappa shape index (κ2) is 6.67. The third kappa shape index (κ3) is 4.40. The smallest absolute Gasteiger partial charge is 0.230 e. The van der Waals surface area contributed by atoms with Crippen LogP contribution in [-0.4, -0.2) is 30.8 Å². The molecule has 2 N–H and O–H groups in total. The van der Waals surface area contributed by atoms with Crippen molar-refractivity contribution in [2.24, 2.45) is 0 Å². The van der Waals surface area contributed by atoms with Gasteiger partial charge in [-0.15, -0.1) is 11.8 Å². The van der Waals surface area contributed by atoms with E-state index in [0.29, 0.717) is 11.8 Å². The highest BCUT2D eigenvalue weighted by Crippen LogP contribution is 2.16. The van der Waals surface area contributed by atoms with Crippen LogP contribution in [0.1, 0.15) is 12.8 Å². The average molecular weight is 249 g/mol. The lowest BCUT2D eigenvalue weighted by molar-refractivity contribution is -0.119. The van der Waals surface area contributed by atoms with Gasteiger partial charge in [0.1, 0.15) is 0 Å². The third-order valence-corrected chi connectivity index (χ3v) is 3.73. The van der Waals surface area contributed by atoms with Gasteiger partial charge in [0.25, 0.3) is 0 Å². The lowest BCUT2D eigenvalue weighted by atomic mass is 10.1. The Morgan fingerprint density at radius 2 is 2.35 bits per heavy atom. The Balaban J connectivity index is 1.70. The van der Waals surface area contributed by atoms with Gasteiger partial charge in [-0.25, -0.2) is 0 Å². The van der Waals surface area contributed by atoms with Crippen LogP contribution in [0, 0.1) is 6.07 Å². The van der Waals surface area contributed by atoms with Gasteiger partial charge in [0.15, 0.2) is 0 Å². The van der Waals surface area contributed by atoms with Gasteiger partial charge in [-0.2, -0.15) is 0 Å². The van der Waals surface area contributed by atoms with E-state index in [-0.39, 0.29) is 5.91 Å². The Morgan fingerprint density at radius 3 is 3.06 bits per heavy atom. The molecule has 1 atom stereocenters. The molecular weight excluding hydrogens is 232 g/mol. The van der Waals surface area contributed by atoms with E-state index in [0.717, 1.165) is 30.8 Å². The van der Waals surface area contributed by atoms with Gasteiger partial charge in [0.2, 0.25) is 5.91 Å². The van der Waals surface area contributed by atoms with Crippen LogP contribution in [0.2, 0.25) is 0 Å². The SMILES string of the molecule is O=C(CSc1cc[c]cc1)NC1CCCNC1. The maximum absolute atomic E-state index is 11.7. The van der Waals surface area contributed by atoms with Crippen molar-refractivity contribution in [3.05, 3.63) is 30.3 Å². The summed E-state index contributed by atoms with van der Waals surface area (Å²) in [6.45, 7) is 1.97. The Bertz CT molecular complexity index is 350. The number of nitrogens with one attached hydrogen (secondary N) is 2. The predicted octanol–water partition coefficient (Wildman–Crippen LogP) is 1.45. The summed E-state index contributed by atoms with van der Waals surface area (Å²) in [6, 6.07) is 10.9. The molecular formula is C13H17N2OS. The molecule has 1 amide bonds. The molecule has 1 aliphatic rings. The quantitative estimate of drug-likeness (QED) is 0.794. The summed E-state index contributed by atoms with van der Waals surface area (Å²) in [4.78, 5) is 12.8. The first-order chi connectivity index (χ1) is 8.34. The summed E-state index contributed by atoms with van der Waals surface area (Å²) >= 11 is 1.56. The highest BCUT2D eigenvalue weighted by atomic mass is 32.2. The van der Waals surface area contributed by atoms with Crippen LogP contribution in [-0.2, 0) is 4.79 Å². The van der Waals surface area contributed by atoms with Gasteiger partial charge in [-0.1, -0.05) is 12.1 Å². The first-order valence-corrected chi connectivity index (χ1v) is 6.92. The molecule has 3 nitrogen and oxygen atoms in total. The summed E-state index contributed by atoms with van der Waals surface area (Å²) in [5.41, 5.74) is 0. The monoisotopic (exact) mass is 249 g/mol. The number of hydrogen-bond acceptors (Lipinski definition) is 3. The minimum Gasteiger partial charge on any atom is -0.351 e. The molecule has 0 saturated carbocycles. The number of rotatable bonds is 4. The first kappa shape index (κ1) is 12.5. The van der Waals surface area contributed by atoms with Crippen LogP contribution in [0.25, 0.3) is 0 Å². The van der Waals surface area contributed by atoms with Crippen LogP contribution >= 0.6 is 11.8 Å². The Labute approximate surface area is 106 Å². The molecule has 0 spiro atoms. The largest absolute Gasteiger partial charge is 0.351 e. The van der Waals surface area contributed by atoms with Gasteiger partial charge in [0, 0.05) is 17.5 Å². The number of amides is 1. The Kier molecular flexibility index (Phi) is 4.88. The molecule has 1 aromatic rings. The number of piperidine rings is 1. The molecule has 0 bridgehead atoms. The van der Waals surface area contributed by atoms with Crippen molar-refractivity contribution in [3.63, 3.8) is 0 Å². The number of thioether (sulfide) groups is 1. The standard InChI is InChI=1S/C13H17N2OS/c16-13(15-11-5-4-8-14-9-11)10-17-12-6-2-1-3-7-12/h2-3,6-7,11,14H,4-5,8-10H2,(H,15,16). The molecule has 1 unspecified atom stereocenters. The lowest BCUT2D eigenvalue weighted by Gasteiger charge is -2.23. The van der Waals surface area contributed by atoms with E-state index >= 15 is 0 Å². The highest BCUT2D eigenvalue weighted by Gasteiger charge is 2.14. The van der Waals surface area contributed by atoms with E-state index in [1.807, 2.05) is 24.3 Å². The minimum absolute atomic E-state index is 0.122. The van der Waals surface area contributed by atoms with Crippen molar-refractivity contribution in [2.45, 2.75) is 23.8 Å². The van der Waals surface area contributed by atoms with Crippen LogP contribution < -0.4 is 10.6 Å². The van der Waals surface area contributed by atoms with E-state index in [1.165, 1.54) is 0 Å². The normalized spacial score (nSPS) is 19.9. The fraction of sp³-hybridized carbons (Fsp3) is 0.462. The molecule has 17 heavy (non-hydrogen) atoms. The second-order valence-corrected chi connectivity index (χ2v) is 5.18. The molecule has 0 aromatic heterocycles. The van der Waals surface area contributed by atoms with Crippen LogP contribution in [0.3, 0.4) is 0 Å². The molecule has 1 aromatic carbocycles. The molecule has 1 fully saturated rings. The van der Waals surface area contributed by atoms with Gasteiger partial charge in [0.05, 0.1) is 5.75 Å². The van der Waals surface area contributed by atoms with Crippen LogP contribution in [0.15, 0.2) is 29.2 Å². The molecule has 1 saturated heterocycles. The molecule has 2 rings (SSSR count).